The lowest BCUT2D eigenvalue weighted by Gasteiger charge is -2.01. The van der Waals surface area contributed by atoms with Crippen molar-refractivity contribution in [3.8, 4) is 17.2 Å². The second-order valence-corrected chi connectivity index (χ2v) is 6.13. The van der Waals surface area contributed by atoms with E-state index in [9.17, 15) is 4.79 Å². The molecule has 0 saturated carbocycles. The molecule has 0 spiro atoms. The third kappa shape index (κ3) is 3.59. The van der Waals surface area contributed by atoms with Crippen LogP contribution in [0.15, 0.2) is 59.3 Å². The number of nitrogens with one attached hydrogen (secondary N) is 1. The molecule has 4 aromatic rings. The molecule has 2 aromatic heterocycles. The maximum absolute atomic E-state index is 12.3. The molecule has 0 fully saturated rings. The SMILES string of the molecule is Cc1ccc(NC(=O)c2nc(-c3cn(-c4ccc(C)cc4)nn3)no2)cc1. The van der Waals surface area contributed by atoms with E-state index in [4.69, 9.17) is 4.52 Å². The molecule has 0 aliphatic carbocycles. The Bertz CT molecular complexity index is 1080. The molecule has 2 heterocycles. The molecule has 1 N–H and O–H groups in total. The van der Waals surface area contributed by atoms with Gasteiger partial charge in [-0.15, -0.1) is 5.10 Å². The summed E-state index contributed by atoms with van der Waals surface area (Å²) in [7, 11) is 0. The van der Waals surface area contributed by atoms with Gasteiger partial charge < -0.3 is 9.84 Å². The number of hydrogen-bond acceptors (Lipinski definition) is 6. The van der Waals surface area contributed by atoms with Gasteiger partial charge in [-0.1, -0.05) is 45.8 Å². The van der Waals surface area contributed by atoms with Crippen LogP contribution in [0.2, 0.25) is 0 Å². The van der Waals surface area contributed by atoms with Crippen molar-refractivity contribution in [2.24, 2.45) is 0 Å². The average Bonchev–Trinajstić information content (AvgIpc) is 3.33. The van der Waals surface area contributed by atoms with Crippen LogP contribution in [-0.2, 0) is 0 Å². The zero-order chi connectivity index (χ0) is 18.8. The molecule has 27 heavy (non-hydrogen) atoms. The summed E-state index contributed by atoms with van der Waals surface area (Å²) in [5, 5.41) is 14.6. The number of aryl methyl sites for hydroxylation is 2. The van der Waals surface area contributed by atoms with Crippen molar-refractivity contribution in [1.82, 2.24) is 25.1 Å². The predicted molar refractivity (Wildman–Crippen MR) is 98.5 cm³/mol. The van der Waals surface area contributed by atoms with Gasteiger partial charge in [0.15, 0.2) is 5.69 Å². The van der Waals surface area contributed by atoms with Crippen LogP contribution in [0.5, 0.6) is 0 Å². The highest BCUT2D eigenvalue weighted by atomic mass is 16.5. The lowest BCUT2D eigenvalue weighted by Crippen LogP contribution is -2.12. The van der Waals surface area contributed by atoms with Gasteiger partial charge in [0.2, 0.25) is 5.82 Å². The number of aromatic nitrogens is 5. The van der Waals surface area contributed by atoms with E-state index in [1.807, 2.05) is 50.2 Å². The number of carbonyl (C=O) groups excluding carboxylic acids is 1. The first kappa shape index (κ1) is 16.6. The van der Waals surface area contributed by atoms with E-state index in [1.54, 1.807) is 23.0 Å². The van der Waals surface area contributed by atoms with E-state index in [2.05, 4.69) is 25.8 Å². The molecule has 8 heteroatoms. The summed E-state index contributed by atoms with van der Waals surface area (Å²) in [4.78, 5) is 16.4. The smallest absolute Gasteiger partial charge is 0.316 e. The first-order chi connectivity index (χ1) is 13.1. The van der Waals surface area contributed by atoms with Gasteiger partial charge in [-0.05, 0) is 38.1 Å². The van der Waals surface area contributed by atoms with Gasteiger partial charge in [0, 0.05) is 5.69 Å². The largest absolute Gasteiger partial charge is 0.328 e. The minimum absolute atomic E-state index is 0.143. The molecule has 1 amide bonds. The third-order valence-corrected chi connectivity index (χ3v) is 3.95. The molecule has 8 nitrogen and oxygen atoms in total. The fourth-order valence-corrected chi connectivity index (χ4v) is 2.43. The van der Waals surface area contributed by atoms with Crippen LogP contribution in [0, 0.1) is 13.8 Å². The molecule has 0 aliphatic heterocycles. The summed E-state index contributed by atoms with van der Waals surface area (Å²) < 4.78 is 6.67. The molecule has 0 radical (unpaired) electrons. The molecule has 0 atom stereocenters. The zero-order valence-corrected chi connectivity index (χ0v) is 14.7. The van der Waals surface area contributed by atoms with Crippen molar-refractivity contribution in [3.63, 3.8) is 0 Å². The van der Waals surface area contributed by atoms with E-state index in [0.29, 0.717) is 11.4 Å². The van der Waals surface area contributed by atoms with Gasteiger partial charge in [-0.25, -0.2) is 4.68 Å². The Morgan fingerprint density at radius 3 is 2.37 bits per heavy atom. The Kier molecular flexibility index (Phi) is 4.21. The highest BCUT2D eigenvalue weighted by Gasteiger charge is 2.18. The molecule has 0 unspecified atom stereocenters. The minimum Gasteiger partial charge on any atom is -0.328 e. The van der Waals surface area contributed by atoms with Crippen LogP contribution < -0.4 is 5.32 Å². The van der Waals surface area contributed by atoms with E-state index in [1.165, 1.54) is 0 Å². The summed E-state index contributed by atoms with van der Waals surface area (Å²) in [6, 6.07) is 15.2. The lowest BCUT2D eigenvalue weighted by molar-refractivity contribution is 0.0981. The molecule has 0 bridgehead atoms. The first-order valence-corrected chi connectivity index (χ1v) is 8.30. The van der Waals surface area contributed by atoms with Gasteiger partial charge in [-0.3, -0.25) is 4.79 Å². The molecule has 4 rings (SSSR count). The Morgan fingerprint density at radius 2 is 1.67 bits per heavy atom. The minimum atomic E-state index is -0.483. The van der Waals surface area contributed by atoms with E-state index < -0.39 is 5.91 Å². The molecule has 0 aliphatic rings. The van der Waals surface area contributed by atoms with Crippen LogP contribution in [0.25, 0.3) is 17.2 Å². The van der Waals surface area contributed by atoms with Gasteiger partial charge >= 0.3 is 11.8 Å². The van der Waals surface area contributed by atoms with Crippen LogP contribution in [0.3, 0.4) is 0 Å². The maximum atomic E-state index is 12.3. The van der Waals surface area contributed by atoms with Crippen LogP contribution in [-0.4, -0.2) is 31.0 Å². The van der Waals surface area contributed by atoms with Crippen LogP contribution >= 0.6 is 0 Å². The standard InChI is InChI=1S/C19H16N6O2/c1-12-3-7-14(8-4-12)20-18(26)19-21-17(23-27-19)16-11-25(24-22-16)15-9-5-13(2)6-10-15/h3-11H,1-2H3,(H,20,26). The maximum Gasteiger partial charge on any atom is 0.316 e. The second kappa shape index (κ2) is 6.83. The number of carbonyl (C=O) groups is 1. The predicted octanol–water partition coefficient (Wildman–Crippen LogP) is 3.19. The summed E-state index contributed by atoms with van der Waals surface area (Å²) in [5.74, 6) is -0.429. The van der Waals surface area contributed by atoms with Gasteiger partial charge in [0.1, 0.15) is 0 Å². The topological polar surface area (TPSA) is 98.7 Å². The van der Waals surface area contributed by atoms with Crippen molar-refractivity contribution in [1.29, 1.82) is 0 Å². The Hall–Kier alpha value is -3.81. The quantitative estimate of drug-likeness (QED) is 0.600. The summed E-state index contributed by atoms with van der Waals surface area (Å²) in [5.41, 5.74) is 4.18. The number of hydrogen-bond donors (Lipinski definition) is 1. The second-order valence-electron chi connectivity index (χ2n) is 6.13. The normalized spacial score (nSPS) is 10.7. The fraction of sp³-hybridized carbons (Fsp3) is 0.105. The molecule has 134 valence electrons. The average molecular weight is 360 g/mol. The first-order valence-electron chi connectivity index (χ1n) is 8.30. The van der Waals surface area contributed by atoms with E-state index in [-0.39, 0.29) is 11.7 Å². The summed E-state index contributed by atoms with van der Waals surface area (Å²) in [6.45, 7) is 3.98. The Morgan fingerprint density at radius 1 is 1.00 bits per heavy atom. The summed E-state index contributed by atoms with van der Waals surface area (Å²) in [6.07, 6.45) is 1.68. The van der Waals surface area contributed by atoms with Gasteiger partial charge in [0.05, 0.1) is 11.9 Å². The van der Waals surface area contributed by atoms with Gasteiger partial charge in [0.25, 0.3) is 0 Å². The van der Waals surface area contributed by atoms with Crippen molar-refractivity contribution in [2.45, 2.75) is 13.8 Å². The fourth-order valence-electron chi connectivity index (χ4n) is 2.43. The van der Waals surface area contributed by atoms with Gasteiger partial charge in [-0.2, -0.15) is 4.98 Å². The van der Waals surface area contributed by atoms with Crippen molar-refractivity contribution >= 4 is 11.6 Å². The molecule has 0 saturated heterocycles. The molecular weight excluding hydrogens is 344 g/mol. The highest BCUT2D eigenvalue weighted by molar-refractivity contribution is 6.01. The molecule has 2 aromatic carbocycles. The van der Waals surface area contributed by atoms with Crippen LogP contribution in [0.4, 0.5) is 5.69 Å². The van der Waals surface area contributed by atoms with Crippen LogP contribution in [0.1, 0.15) is 21.8 Å². The van der Waals surface area contributed by atoms with Crippen molar-refractivity contribution in [2.75, 3.05) is 5.32 Å². The third-order valence-electron chi connectivity index (χ3n) is 3.95. The number of amides is 1. The number of rotatable bonds is 4. The number of nitrogens with zero attached hydrogens (tertiary/aromatic N) is 5. The summed E-state index contributed by atoms with van der Waals surface area (Å²) >= 11 is 0. The van der Waals surface area contributed by atoms with Crippen molar-refractivity contribution < 1.29 is 9.32 Å². The van der Waals surface area contributed by atoms with Crippen molar-refractivity contribution in [3.05, 3.63) is 71.7 Å². The Labute approximate surface area is 154 Å². The number of anilines is 1. The lowest BCUT2D eigenvalue weighted by atomic mass is 10.2. The highest BCUT2D eigenvalue weighted by Crippen LogP contribution is 2.16. The van der Waals surface area contributed by atoms with E-state index >= 15 is 0 Å². The Balaban J connectivity index is 1.51. The zero-order valence-electron chi connectivity index (χ0n) is 14.7. The number of benzene rings is 2. The monoisotopic (exact) mass is 360 g/mol. The van der Waals surface area contributed by atoms with E-state index in [0.717, 1.165) is 16.8 Å². The molecular formula is C19H16N6O2.